The Morgan fingerprint density at radius 2 is 1.48 bits per heavy atom. The van der Waals surface area contributed by atoms with Gasteiger partial charge in [-0.15, -0.1) is 0 Å². The van der Waals surface area contributed by atoms with Crippen LogP contribution in [0.4, 0.5) is 0 Å². The van der Waals surface area contributed by atoms with Gasteiger partial charge in [0.15, 0.2) is 23.0 Å². The molecule has 33 heavy (non-hydrogen) atoms. The Labute approximate surface area is 191 Å². The maximum atomic E-state index is 11.0. The Morgan fingerprint density at radius 3 is 2.03 bits per heavy atom. The molecule has 0 spiro atoms. The fourth-order valence-electron chi connectivity index (χ4n) is 3.30. The van der Waals surface area contributed by atoms with Crippen molar-refractivity contribution in [3.8, 4) is 56.8 Å². The molecule has 5 N–H and O–H groups in total. The van der Waals surface area contributed by atoms with E-state index < -0.39 is 11.7 Å². The van der Waals surface area contributed by atoms with E-state index in [1.165, 1.54) is 52.3 Å². The lowest BCUT2D eigenvalue weighted by molar-refractivity contribution is -0.0664. The highest BCUT2D eigenvalue weighted by Crippen LogP contribution is 2.50. The molecule has 0 bridgehead atoms. The van der Waals surface area contributed by atoms with E-state index in [1.54, 1.807) is 24.3 Å². The van der Waals surface area contributed by atoms with E-state index in [4.69, 9.17) is 14.2 Å². The third-order valence-corrected chi connectivity index (χ3v) is 5.28. The lowest BCUT2D eigenvalue weighted by Crippen LogP contribution is -2.40. The highest BCUT2D eigenvalue weighted by atomic mass is 16.5. The number of hydrogen-bond acceptors (Lipinski definition) is 8. The Bertz CT molecular complexity index is 1120. The molecule has 176 valence electrons. The third-order valence-electron chi connectivity index (χ3n) is 5.28. The van der Waals surface area contributed by atoms with Crippen LogP contribution in [-0.4, -0.2) is 58.1 Å². The number of hydrogen-bond donors (Lipinski definition) is 5. The smallest absolute Gasteiger partial charge is 0.170 e. The van der Waals surface area contributed by atoms with Gasteiger partial charge in [0, 0.05) is 5.56 Å². The summed E-state index contributed by atoms with van der Waals surface area (Å²) in [5.41, 5.74) is 0.634. The molecular formula is C25H28O8. The molecule has 0 radical (unpaired) electrons. The molecule has 0 saturated carbocycles. The van der Waals surface area contributed by atoms with Crippen molar-refractivity contribution in [2.75, 3.05) is 20.8 Å². The van der Waals surface area contributed by atoms with E-state index in [2.05, 4.69) is 0 Å². The number of benzene rings is 3. The van der Waals surface area contributed by atoms with Crippen molar-refractivity contribution in [1.82, 2.24) is 0 Å². The fourth-order valence-corrected chi connectivity index (χ4v) is 3.30. The Morgan fingerprint density at radius 1 is 0.848 bits per heavy atom. The molecule has 0 aliphatic heterocycles. The zero-order valence-corrected chi connectivity index (χ0v) is 18.9. The lowest BCUT2D eigenvalue weighted by Gasteiger charge is -2.24. The minimum atomic E-state index is -1.36. The van der Waals surface area contributed by atoms with Gasteiger partial charge in [0.25, 0.3) is 0 Å². The zero-order valence-electron chi connectivity index (χ0n) is 18.9. The maximum Gasteiger partial charge on any atom is 0.170 e. The van der Waals surface area contributed by atoms with Gasteiger partial charge in [0.05, 0.1) is 25.4 Å². The van der Waals surface area contributed by atoms with Gasteiger partial charge in [-0.25, -0.2) is 0 Å². The number of aliphatic hydroxyl groups is 2. The zero-order chi connectivity index (χ0) is 24.3. The predicted octanol–water partition coefficient (Wildman–Crippen LogP) is 3.67. The number of methoxy groups -OCH3 is 2. The molecule has 1 unspecified atom stereocenters. The fraction of sp³-hybridized carbons (Fsp3) is 0.280. The van der Waals surface area contributed by atoms with Crippen LogP contribution in [0.15, 0.2) is 48.5 Å². The normalized spacial score (nSPS) is 12.3. The predicted molar refractivity (Wildman–Crippen MR) is 123 cm³/mol. The van der Waals surface area contributed by atoms with Crippen molar-refractivity contribution in [3.63, 3.8) is 0 Å². The van der Waals surface area contributed by atoms with Crippen molar-refractivity contribution >= 4 is 0 Å². The molecule has 0 aliphatic rings. The summed E-state index contributed by atoms with van der Waals surface area (Å²) in [5, 5.41) is 50.8. The topological polar surface area (TPSA) is 129 Å². The summed E-state index contributed by atoms with van der Waals surface area (Å²) >= 11 is 0. The summed E-state index contributed by atoms with van der Waals surface area (Å²) < 4.78 is 16.4. The minimum absolute atomic E-state index is 0.105. The number of aliphatic hydroxyl groups excluding tert-OH is 1. The Kier molecular flexibility index (Phi) is 6.90. The highest BCUT2D eigenvalue weighted by molar-refractivity contribution is 5.88. The molecular weight excluding hydrogens is 428 g/mol. The number of aromatic hydroxyl groups is 3. The molecule has 0 heterocycles. The third kappa shape index (κ3) is 5.08. The van der Waals surface area contributed by atoms with Gasteiger partial charge in [0.2, 0.25) is 0 Å². The summed E-state index contributed by atoms with van der Waals surface area (Å²) in [7, 11) is 2.89. The molecule has 3 rings (SSSR count). The highest BCUT2D eigenvalue weighted by Gasteiger charge is 2.26. The molecule has 0 amide bonds. The quantitative estimate of drug-likeness (QED) is 0.347. The molecule has 0 aliphatic carbocycles. The summed E-state index contributed by atoms with van der Waals surface area (Å²) in [5.74, 6) is 0.335. The average Bonchev–Trinajstić information content (AvgIpc) is 2.77. The van der Waals surface area contributed by atoms with Crippen molar-refractivity contribution in [1.29, 1.82) is 0 Å². The molecule has 0 saturated heterocycles. The van der Waals surface area contributed by atoms with Gasteiger partial charge < -0.3 is 39.7 Å². The summed E-state index contributed by atoms with van der Waals surface area (Å²) in [6.45, 7) is 2.68. The molecule has 8 nitrogen and oxygen atoms in total. The number of phenolic OH excluding ortho intramolecular Hbond substituents is 3. The monoisotopic (exact) mass is 456 g/mol. The molecule has 1 atom stereocenters. The molecule has 8 heteroatoms. The minimum Gasteiger partial charge on any atom is -0.508 e. The van der Waals surface area contributed by atoms with E-state index >= 15 is 0 Å². The maximum absolute atomic E-state index is 11.0. The van der Waals surface area contributed by atoms with Gasteiger partial charge in [-0.2, -0.15) is 0 Å². The number of rotatable bonds is 8. The lowest BCUT2D eigenvalue weighted by atomic mass is 9.96. The summed E-state index contributed by atoms with van der Waals surface area (Å²) in [6.07, 6.45) is -1.16. The average molecular weight is 456 g/mol. The van der Waals surface area contributed by atoms with Gasteiger partial charge in [-0.05, 0) is 55.3 Å². The van der Waals surface area contributed by atoms with E-state index in [-0.39, 0.29) is 35.4 Å². The van der Waals surface area contributed by atoms with E-state index in [0.717, 1.165) is 0 Å². The van der Waals surface area contributed by atoms with Crippen LogP contribution in [0, 0.1) is 0 Å². The van der Waals surface area contributed by atoms with Crippen LogP contribution in [0.2, 0.25) is 0 Å². The first kappa shape index (κ1) is 24.0. The second kappa shape index (κ2) is 9.48. The first-order valence-corrected chi connectivity index (χ1v) is 10.2. The van der Waals surface area contributed by atoms with Crippen molar-refractivity contribution in [2.24, 2.45) is 0 Å². The van der Waals surface area contributed by atoms with Gasteiger partial charge in [-0.1, -0.05) is 18.2 Å². The van der Waals surface area contributed by atoms with E-state index in [0.29, 0.717) is 28.0 Å². The van der Waals surface area contributed by atoms with Crippen LogP contribution in [-0.2, 0) is 0 Å². The van der Waals surface area contributed by atoms with E-state index in [9.17, 15) is 25.5 Å². The van der Waals surface area contributed by atoms with Crippen LogP contribution in [0.1, 0.15) is 13.8 Å². The van der Waals surface area contributed by atoms with Gasteiger partial charge in [-0.3, -0.25) is 0 Å². The van der Waals surface area contributed by atoms with Crippen molar-refractivity contribution in [3.05, 3.63) is 48.5 Å². The molecule has 0 fully saturated rings. The van der Waals surface area contributed by atoms with Crippen LogP contribution >= 0.6 is 0 Å². The SMILES string of the molecule is COc1cc(-c2ccc(O)cc2)c(OC)c(O)c1-c1ccc(OCC(O)C(C)(C)O)c(O)c1. The second-order valence-corrected chi connectivity index (χ2v) is 8.09. The first-order chi connectivity index (χ1) is 15.6. The van der Waals surface area contributed by atoms with Crippen molar-refractivity contribution < 1.29 is 39.7 Å². The van der Waals surface area contributed by atoms with Gasteiger partial charge in [0.1, 0.15) is 24.2 Å². The number of ether oxygens (including phenoxy) is 3. The van der Waals surface area contributed by atoms with Crippen LogP contribution in [0.25, 0.3) is 22.3 Å². The Hall–Kier alpha value is -3.62. The second-order valence-electron chi connectivity index (χ2n) is 8.09. The summed E-state index contributed by atoms with van der Waals surface area (Å²) in [4.78, 5) is 0. The van der Waals surface area contributed by atoms with E-state index in [1.807, 2.05) is 0 Å². The van der Waals surface area contributed by atoms with Crippen LogP contribution in [0.5, 0.6) is 34.5 Å². The summed E-state index contributed by atoms with van der Waals surface area (Å²) in [6, 6.07) is 12.6. The number of phenols is 3. The Balaban J connectivity index is 2.02. The van der Waals surface area contributed by atoms with Crippen LogP contribution < -0.4 is 14.2 Å². The first-order valence-electron chi connectivity index (χ1n) is 10.2. The largest absolute Gasteiger partial charge is 0.508 e. The molecule has 3 aromatic rings. The standard InChI is InChI=1S/C25H28O8/c1-25(2,30)21(28)13-33-19-10-7-15(11-18(19)27)22-20(31-3)12-17(24(32-4)23(22)29)14-5-8-16(26)9-6-14/h5-12,21,26-30H,13H2,1-4H3. The molecule has 3 aromatic carbocycles. The van der Waals surface area contributed by atoms with Crippen LogP contribution in [0.3, 0.4) is 0 Å². The van der Waals surface area contributed by atoms with Gasteiger partial charge >= 0.3 is 0 Å². The molecule has 0 aromatic heterocycles. The van der Waals surface area contributed by atoms with Crippen molar-refractivity contribution in [2.45, 2.75) is 25.6 Å².